The maximum atomic E-state index is 12.4. The Hall–Kier alpha value is -2.36. The lowest BCUT2D eigenvalue weighted by Crippen LogP contribution is -2.26. The van der Waals surface area contributed by atoms with Crippen molar-refractivity contribution in [2.75, 3.05) is 6.61 Å². The van der Waals surface area contributed by atoms with Crippen molar-refractivity contribution in [1.29, 1.82) is 0 Å². The van der Waals surface area contributed by atoms with Crippen LogP contribution in [0.4, 0.5) is 0 Å². The highest BCUT2D eigenvalue weighted by Crippen LogP contribution is 2.25. The van der Waals surface area contributed by atoms with Crippen molar-refractivity contribution in [3.63, 3.8) is 0 Å². The van der Waals surface area contributed by atoms with E-state index in [0.717, 1.165) is 23.4 Å². The zero-order chi connectivity index (χ0) is 16.1. The predicted octanol–water partition coefficient (Wildman–Crippen LogP) is 3.70. The summed E-state index contributed by atoms with van der Waals surface area (Å²) in [6, 6.07) is 11.0. The Kier molecular flexibility index (Phi) is 5.15. The molecule has 1 heterocycles. The first-order chi connectivity index (χ1) is 10.6. The normalized spacial score (nSPS) is 10.7. The first-order valence-electron chi connectivity index (χ1n) is 7.52. The van der Waals surface area contributed by atoms with E-state index in [1.54, 1.807) is 10.6 Å². The molecule has 0 atom stereocenters. The van der Waals surface area contributed by atoms with Gasteiger partial charge in [0.1, 0.15) is 5.75 Å². The fourth-order valence-corrected chi connectivity index (χ4v) is 2.37. The van der Waals surface area contributed by atoms with Crippen LogP contribution in [0.25, 0.3) is 11.3 Å². The summed E-state index contributed by atoms with van der Waals surface area (Å²) >= 11 is 0. The van der Waals surface area contributed by atoms with E-state index in [0.29, 0.717) is 12.9 Å². The number of benzene rings is 1. The van der Waals surface area contributed by atoms with Gasteiger partial charge in [-0.2, -0.15) is 0 Å². The molecule has 0 fully saturated rings. The van der Waals surface area contributed by atoms with E-state index < -0.39 is 0 Å². The average molecular weight is 299 g/mol. The highest BCUT2D eigenvalue weighted by molar-refractivity contribution is 5.75. The second-order valence-corrected chi connectivity index (χ2v) is 5.44. The van der Waals surface area contributed by atoms with Crippen molar-refractivity contribution in [3.05, 3.63) is 52.3 Å². The van der Waals surface area contributed by atoms with E-state index in [-0.39, 0.29) is 17.2 Å². The molecule has 0 aliphatic heterocycles. The van der Waals surface area contributed by atoms with Crippen molar-refractivity contribution in [2.45, 2.75) is 33.2 Å². The van der Waals surface area contributed by atoms with E-state index in [1.165, 1.54) is 0 Å². The van der Waals surface area contributed by atoms with Crippen LogP contribution in [0.3, 0.4) is 0 Å². The maximum Gasteiger partial charge on any atom is 0.261 e. The quantitative estimate of drug-likeness (QED) is 0.764. The molecule has 0 saturated carbocycles. The number of ether oxygens (including phenoxy) is 1. The van der Waals surface area contributed by atoms with Gasteiger partial charge in [-0.05, 0) is 44.5 Å². The molecule has 0 spiro atoms. The van der Waals surface area contributed by atoms with Crippen LogP contribution in [0.15, 0.2) is 41.2 Å². The molecular weight excluding hydrogens is 278 g/mol. The summed E-state index contributed by atoms with van der Waals surface area (Å²) in [5.41, 5.74) is 1.60. The second-order valence-electron chi connectivity index (χ2n) is 5.44. The molecule has 0 aliphatic rings. The third-order valence-corrected chi connectivity index (χ3v) is 3.39. The highest BCUT2D eigenvalue weighted by atomic mass is 16.5. The number of aromatic nitrogens is 1. The number of nitrogens with zero attached hydrogens (tertiary/aromatic N) is 1. The van der Waals surface area contributed by atoms with Gasteiger partial charge in [0.05, 0.1) is 17.9 Å². The van der Waals surface area contributed by atoms with Gasteiger partial charge in [0, 0.05) is 11.6 Å². The van der Waals surface area contributed by atoms with Gasteiger partial charge in [-0.3, -0.25) is 9.59 Å². The summed E-state index contributed by atoms with van der Waals surface area (Å²) in [4.78, 5) is 23.4. The van der Waals surface area contributed by atoms with E-state index in [1.807, 2.05) is 44.2 Å². The molecule has 1 aromatic carbocycles. The summed E-state index contributed by atoms with van der Waals surface area (Å²) in [5.74, 6) is 0.779. The van der Waals surface area contributed by atoms with E-state index in [9.17, 15) is 9.59 Å². The predicted molar refractivity (Wildman–Crippen MR) is 87.7 cm³/mol. The van der Waals surface area contributed by atoms with Gasteiger partial charge in [0.25, 0.3) is 5.56 Å². The molecule has 4 nitrogen and oxygen atoms in total. The molecule has 4 heteroatoms. The van der Waals surface area contributed by atoms with Crippen molar-refractivity contribution < 1.29 is 9.53 Å². The minimum absolute atomic E-state index is 0.0392. The summed E-state index contributed by atoms with van der Waals surface area (Å²) in [6.45, 7) is 6.57. The van der Waals surface area contributed by atoms with Gasteiger partial charge in [-0.1, -0.05) is 19.1 Å². The van der Waals surface area contributed by atoms with Crippen molar-refractivity contribution in [2.24, 2.45) is 0 Å². The molecule has 0 unspecified atom stereocenters. The monoisotopic (exact) mass is 299 g/mol. The smallest absolute Gasteiger partial charge is 0.261 e. The van der Waals surface area contributed by atoms with Gasteiger partial charge in [-0.25, -0.2) is 0 Å². The third kappa shape index (κ3) is 3.27. The van der Waals surface area contributed by atoms with Crippen molar-refractivity contribution in [3.8, 4) is 17.0 Å². The molecule has 0 amide bonds. The van der Waals surface area contributed by atoms with Gasteiger partial charge in [0.2, 0.25) is 0 Å². The molecule has 0 bridgehead atoms. The van der Waals surface area contributed by atoms with Crippen LogP contribution in [0.2, 0.25) is 0 Å². The molecule has 0 aliphatic carbocycles. The topological polar surface area (TPSA) is 48.3 Å². The van der Waals surface area contributed by atoms with Crippen molar-refractivity contribution >= 4 is 6.29 Å². The SMILES string of the molecule is CCCOc1cccc(-c2ccc(C=O)c(=O)n2C(C)C)c1. The lowest BCUT2D eigenvalue weighted by Gasteiger charge is -2.17. The Morgan fingerprint density at radius 1 is 1.23 bits per heavy atom. The number of pyridine rings is 1. The van der Waals surface area contributed by atoms with Crippen LogP contribution in [0, 0.1) is 0 Å². The molecule has 1 aromatic heterocycles. The van der Waals surface area contributed by atoms with Crippen LogP contribution in [-0.2, 0) is 0 Å². The summed E-state index contributed by atoms with van der Waals surface area (Å²) in [7, 11) is 0. The maximum absolute atomic E-state index is 12.4. The minimum Gasteiger partial charge on any atom is -0.494 e. The summed E-state index contributed by atoms with van der Waals surface area (Å²) < 4.78 is 7.29. The number of hydrogen-bond acceptors (Lipinski definition) is 3. The Balaban J connectivity index is 2.55. The molecule has 116 valence electrons. The molecule has 0 N–H and O–H groups in total. The van der Waals surface area contributed by atoms with Crippen LogP contribution in [0.1, 0.15) is 43.6 Å². The Bertz CT molecular complexity index is 717. The second kappa shape index (κ2) is 7.07. The molecule has 0 radical (unpaired) electrons. The van der Waals surface area contributed by atoms with E-state index >= 15 is 0 Å². The molecule has 22 heavy (non-hydrogen) atoms. The number of hydrogen-bond donors (Lipinski definition) is 0. The number of rotatable bonds is 6. The lowest BCUT2D eigenvalue weighted by molar-refractivity contribution is 0.112. The fourth-order valence-electron chi connectivity index (χ4n) is 2.37. The van der Waals surface area contributed by atoms with Crippen LogP contribution < -0.4 is 10.3 Å². The number of carbonyl (C=O) groups excluding carboxylic acids is 1. The Morgan fingerprint density at radius 2 is 2.00 bits per heavy atom. The molecule has 0 saturated heterocycles. The zero-order valence-corrected chi connectivity index (χ0v) is 13.2. The Labute approximate surface area is 130 Å². The first-order valence-corrected chi connectivity index (χ1v) is 7.52. The number of aldehydes is 1. The number of carbonyl (C=O) groups is 1. The minimum atomic E-state index is -0.262. The van der Waals surface area contributed by atoms with Crippen molar-refractivity contribution in [1.82, 2.24) is 4.57 Å². The van der Waals surface area contributed by atoms with Crippen LogP contribution >= 0.6 is 0 Å². The van der Waals surface area contributed by atoms with Gasteiger partial charge >= 0.3 is 0 Å². The zero-order valence-electron chi connectivity index (χ0n) is 13.2. The van der Waals surface area contributed by atoms with E-state index in [4.69, 9.17) is 4.74 Å². The summed E-state index contributed by atoms with van der Waals surface area (Å²) in [5, 5.41) is 0. The molecule has 2 aromatic rings. The fraction of sp³-hybridized carbons (Fsp3) is 0.333. The standard InChI is InChI=1S/C18H21NO3/c1-4-10-22-16-7-5-6-14(11-16)17-9-8-15(12-20)18(21)19(17)13(2)3/h5-9,11-13H,4,10H2,1-3H3. The lowest BCUT2D eigenvalue weighted by atomic mass is 10.1. The van der Waals surface area contributed by atoms with Gasteiger partial charge in [-0.15, -0.1) is 0 Å². The largest absolute Gasteiger partial charge is 0.494 e. The van der Waals surface area contributed by atoms with E-state index in [2.05, 4.69) is 6.92 Å². The Morgan fingerprint density at radius 3 is 2.64 bits per heavy atom. The molecule has 2 rings (SSSR count). The highest BCUT2D eigenvalue weighted by Gasteiger charge is 2.13. The summed E-state index contributed by atoms with van der Waals surface area (Å²) in [6.07, 6.45) is 1.54. The third-order valence-electron chi connectivity index (χ3n) is 3.39. The van der Waals surface area contributed by atoms with Gasteiger partial charge < -0.3 is 9.30 Å². The van der Waals surface area contributed by atoms with Crippen LogP contribution in [0.5, 0.6) is 5.75 Å². The van der Waals surface area contributed by atoms with Crippen LogP contribution in [-0.4, -0.2) is 17.5 Å². The first kappa shape index (κ1) is 16.0. The molecular formula is C18H21NO3. The van der Waals surface area contributed by atoms with Gasteiger partial charge in [0.15, 0.2) is 6.29 Å². The average Bonchev–Trinajstić information content (AvgIpc) is 2.52.